The summed E-state index contributed by atoms with van der Waals surface area (Å²) < 4.78 is 25.9. The summed E-state index contributed by atoms with van der Waals surface area (Å²) in [5.74, 6) is -0.227. The zero-order valence-corrected chi connectivity index (χ0v) is 14.9. The monoisotopic (exact) mass is 326 g/mol. The second-order valence-electron chi connectivity index (χ2n) is 5.67. The summed E-state index contributed by atoms with van der Waals surface area (Å²) in [6.45, 7) is 6.28. The molecule has 0 fully saturated rings. The third-order valence-corrected chi connectivity index (χ3v) is 5.65. The Labute approximate surface area is 133 Å². The molecule has 0 aromatic heterocycles. The Morgan fingerprint density at radius 2 is 1.82 bits per heavy atom. The summed E-state index contributed by atoms with van der Waals surface area (Å²) >= 11 is 0. The van der Waals surface area contributed by atoms with Crippen molar-refractivity contribution in [1.29, 1.82) is 0 Å². The van der Waals surface area contributed by atoms with Crippen molar-refractivity contribution >= 4 is 15.9 Å². The van der Waals surface area contributed by atoms with Crippen LogP contribution in [0.2, 0.25) is 0 Å². The summed E-state index contributed by atoms with van der Waals surface area (Å²) in [5, 5.41) is 2.84. The van der Waals surface area contributed by atoms with Gasteiger partial charge in [-0.2, -0.15) is 0 Å². The van der Waals surface area contributed by atoms with E-state index in [0.29, 0.717) is 17.7 Å². The second-order valence-corrected chi connectivity index (χ2v) is 7.79. The molecule has 1 aromatic carbocycles. The first-order valence-corrected chi connectivity index (χ1v) is 8.97. The van der Waals surface area contributed by atoms with E-state index in [4.69, 9.17) is 0 Å². The molecule has 0 radical (unpaired) electrons. The normalized spacial score (nSPS) is 11.7. The maximum absolute atomic E-state index is 12.4. The highest BCUT2D eigenvalue weighted by Gasteiger charge is 2.22. The average molecular weight is 326 g/mol. The number of nitrogens with zero attached hydrogens (tertiary/aromatic N) is 1. The van der Waals surface area contributed by atoms with E-state index in [2.05, 4.69) is 12.2 Å². The van der Waals surface area contributed by atoms with E-state index < -0.39 is 10.0 Å². The number of benzene rings is 1. The van der Waals surface area contributed by atoms with E-state index in [1.165, 1.54) is 20.2 Å². The van der Waals surface area contributed by atoms with Crippen LogP contribution in [0.25, 0.3) is 0 Å². The van der Waals surface area contributed by atoms with Crippen LogP contribution in [0, 0.1) is 13.8 Å². The van der Waals surface area contributed by atoms with Crippen LogP contribution >= 0.6 is 0 Å². The highest BCUT2D eigenvalue weighted by atomic mass is 32.2. The molecule has 0 bridgehead atoms. The lowest BCUT2D eigenvalue weighted by Gasteiger charge is -2.16. The molecular weight excluding hydrogens is 300 g/mol. The fraction of sp³-hybridized carbons (Fsp3) is 0.562. The van der Waals surface area contributed by atoms with Gasteiger partial charge in [0.05, 0.1) is 4.90 Å². The molecule has 1 rings (SSSR count). The fourth-order valence-electron chi connectivity index (χ4n) is 2.10. The molecule has 6 heteroatoms. The maximum Gasteiger partial charge on any atom is 0.251 e. The van der Waals surface area contributed by atoms with Crippen LogP contribution in [-0.2, 0) is 10.0 Å². The molecule has 0 spiro atoms. The van der Waals surface area contributed by atoms with E-state index in [0.717, 1.165) is 29.1 Å². The fourth-order valence-corrected chi connectivity index (χ4v) is 3.32. The first-order valence-electron chi connectivity index (χ1n) is 7.53. The molecule has 1 N–H and O–H groups in total. The van der Waals surface area contributed by atoms with Crippen LogP contribution in [0.3, 0.4) is 0 Å². The Hall–Kier alpha value is -1.40. The molecular formula is C16H26N2O3S. The molecule has 1 aromatic rings. The van der Waals surface area contributed by atoms with Gasteiger partial charge in [-0.1, -0.05) is 19.8 Å². The minimum absolute atomic E-state index is 0.191. The van der Waals surface area contributed by atoms with Crippen molar-refractivity contribution in [3.05, 3.63) is 28.8 Å². The highest BCUT2D eigenvalue weighted by molar-refractivity contribution is 7.89. The summed E-state index contributed by atoms with van der Waals surface area (Å²) in [5.41, 5.74) is 1.86. The third-order valence-electron chi connectivity index (χ3n) is 3.71. The maximum atomic E-state index is 12.4. The summed E-state index contributed by atoms with van der Waals surface area (Å²) in [6, 6.07) is 3.20. The summed E-state index contributed by atoms with van der Waals surface area (Å²) in [7, 11) is -0.586. The molecule has 5 nitrogen and oxygen atoms in total. The topological polar surface area (TPSA) is 66.5 Å². The molecule has 1 amide bonds. The molecule has 22 heavy (non-hydrogen) atoms. The zero-order chi connectivity index (χ0) is 16.9. The number of hydrogen-bond acceptors (Lipinski definition) is 3. The van der Waals surface area contributed by atoms with Crippen LogP contribution in [-0.4, -0.2) is 39.3 Å². The van der Waals surface area contributed by atoms with Crippen molar-refractivity contribution in [1.82, 2.24) is 9.62 Å². The van der Waals surface area contributed by atoms with Gasteiger partial charge in [-0.15, -0.1) is 0 Å². The van der Waals surface area contributed by atoms with Gasteiger partial charge >= 0.3 is 0 Å². The SMILES string of the molecule is CCCCCNC(=O)c1cc(C)c(C)c(S(=O)(=O)N(C)C)c1. The second kappa shape index (κ2) is 7.74. The average Bonchev–Trinajstić information content (AvgIpc) is 2.45. The lowest BCUT2D eigenvalue weighted by molar-refractivity contribution is 0.0952. The molecule has 0 aliphatic rings. The summed E-state index contributed by atoms with van der Waals surface area (Å²) in [6.07, 6.45) is 3.08. The number of amides is 1. The standard InChI is InChI=1S/C16H26N2O3S/c1-6-7-8-9-17-16(19)14-10-12(2)13(3)15(11-14)22(20,21)18(4)5/h10-11H,6-9H2,1-5H3,(H,17,19). The van der Waals surface area contributed by atoms with Gasteiger partial charge < -0.3 is 5.32 Å². The van der Waals surface area contributed by atoms with Crippen LogP contribution in [0.5, 0.6) is 0 Å². The number of nitrogens with one attached hydrogen (secondary N) is 1. The van der Waals surface area contributed by atoms with E-state index in [9.17, 15) is 13.2 Å². The molecule has 0 saturated heterocycles. The Morgan fingerprint density at radius 3 is 2.36 bits per heavy atom. The smallest absolute Gasteiger partial charge is 0.251 e. The van der Waals surface area contributed by atoms with Crippen LogP contribution < -0.4 is 5.32 Å². The van der Waals surface area contributed by atoms with Gasteiger partial charge in [-0.05, 0) is 43.5 Å². The third kappa shape index (κ3) is 4.30. The highest BCUT2D eigenvalue weighted by Crippen LogP contribution is 2.23. The van der Waals surface area contributed by atoms with Gasteiger partial charge in [0, 0.05) is 26.2 Å². The minimum atomic E-state index is -3.56. The van der Waals surface area contributed by atoms with E-state index in [1.54, 1.807) is 13.0 Å². The molecule has 0 aliphatic heterocycles. The molecule has 0 heterocycles. The van der Waals surface area contributed by atoms with Crippen LogP contribution in [0.4, 0.5) is 0 Å². The number of unbranched alkanes of at least 4 members (excludes halogenated alkanes) is 2. The van der Waals surface area contributed by atoms with E-state index >= 15 is 0 Å². The lowest BCUT2D eigenvalue weighted by atomic mass is 10.1. The summed E-state index contributed by atoms with van der Waals surface area (Å²) in [4.78, 5) is 12.4. The molecule has 0 atom stereocenters. The lowest BCUT2D eigenvalue weighted by Crippen LogP contribution is -2.27. The van der Waals surface area contributed by atoms with Crippen molar-refractivity contribution in [2.45, 2.75) is 44.9 Å². The van der Waals surface area contributed by atoms with Crippen LogP contribution in [0.15, 0.2) is 17.0 Å². The largest absolute Gasteiger partial charge is 0.352 e. The van der Waals surface area contributed by atoms with Crippen molar-refractivity contribution in [2.24, 2.45) is 0 Å². The van der Waals surface area contributed by atoms with Gasteiger partial charge in [0.1, 0.15) is 0 Å². The first kappa shape index (κ1) is 18.6. The first-order chi connectivity index (χ1) is 10.2. The Balaban J connectivity index is 3.09. The number of hydrogen-bond donors (Lipinski definition) is 1. The van der Waals surface area contributed by atoms with Gasteiger partial charge in [-0.25, -0.2) is 12.7 Å². The predicted molar refractivity (Wildman–Crippen MR) is 88.6 cm³/mol. The molecule has 0 saturated carbocycles. The number of carbonyl (C=O) groups excluding carboxylic acids is 1. The van der Waals surface area contributed by atoms with Crippen molar-refractivity contribution in [3.63, 3.8) is 0 Å². The Morgan fingerprint density at radius 1 is 1.18 bits per heavy atom. The molecule has 0 unspecified atom stereocenters. The van der Waals surface area contributed by atoms with Gasteiger partial charge in [-0.3, -0.25) is 4.79 Å². The molecule has 124 valence electrons. The van der Waals surface area contributed by atoms with Crippen LogP contribution in [0.1, 0.15) is 47.7 Å². The van der Waals surface area contributed by atoms with E-state index in [-0.39, 0.29) is 10.8 Å². The molecule has 0 aliphatic carbocycles. The number of aryl methyl sites for hydroxylation is 1. The predicted octanol–water partition coefficient (Wildman–Crippen LogP) is 2.47. The van der Waals surface area contributed by atoms with Crippen molar-refractivity contribution < 1.29 is 13.2 Å². The number of sulfonamides is 1. The quantitative estimate of drug-likeness (QED) is 0.783. The Bertz CT molecular complexity index is 637. The number of carbonyl (C=O) groups is 1. The zero-order valence-electron chi connectivity index (χ0n) is 14.1. The van der Waals surface area contributed by atoms with Gasteiger partial charge in [0.15, 0.2) is 0 Å². The minimum Gasteiger partial charge on any atom is -0.352 e. The van der Waals surface area contributed by atoms with E-state index in [1.807, 2.05) is 6.92 Å². The van der Waals surface area contributed by atoms with Crippen molar-refractivity contribution in [2.75, 3.05) is 20.6 Å². The Kier molecular flexibility index (Phi) is 6.56. The number of rotatable bonds is 7. The van der Waals surface area contributed by atoms with Crippen molar-refractivity contribution in [3.8, 4) is 0 Å². The van der Waals surface area contributed by atoms with Gasteiger partial charge in [0.2, 0.25) is 10.0 Å². The van der Waals surface area contributed by atoms with Gasteiger partial charge in [0.25, 0.3) is 5.91 Å².